The molecule has 0 aliphatic carbocycles. The Morgan fingerprint density at radius 3 is 2.36 bits per heavy atom. The molecule has 0 bridgehead atoms. The summed E-state index contributed by atoms with van der Waals surface area (Å²) in [5, 5.41) is 9.16. The van der Waals surface area contributed by atoms with Gasteiger partial charge in [-0.1, -0.05) is 12.1 Å². The van der Waals surface area contributed by atoms with Crippen LogP contribution in [0.4, 0.5) is 24.5 Å². The number of amides is 1. The zero-order valence-corrected chi connectivity index (χ0v) is 24.6. The summed E-state index contributed by atoms with van der Waals surface area (Å²) in [4.78, 5) is 23.7. The summed E-state index contributed by atoms with van der Waals surface area (Å²) in [7, 11) is 1.67. The van der Waals surface area contributed by atoms with E-state index in [0.29, 0.717) is 22.5 Å². The van der Waals surface area contributed by atoms with Gasteiger partial charge in [-0.25, -0.2) is 0 Å². The molecule has 3 aromatic carbocycles. The van der Waals surface area contributed by atoms with Crippen LogP contribution < -0.4 is 20.7 Å². The van der Waals surface area contributed by atoms with E-state index in [2.05, 4.69) is 48.4 Å². The number of carbonyl (C=O) groups is 1. The molecular weight excluding hydrogens is 573 g/mol. The van der Waals surface area contributed by atoms with E-state index in [0.717, 1.165) is 55.3 Å². The number of alkyl halides is 3. The number of nitrogens with zero attached hydrogens (tertiary/aromatic N) is 3. The van der Waals surface area contributed by atoms with Crippen LogP contribution in [-0.4, -0.2) is 70.1 Å². The number of rotatable bonds is 12. The molecule has 9 nitrogen and oxygen atoms in total. The van der Waals surface area contributed by atoms with Gasteiger partial charge in [0.1, 0.15) is 12.4 Å². The fourth-order valence-electron chi connectivity index (χ4n) is 4.52. The Balaban J connectivity index is 1.33. The van der Waals surface area contributed by atoms with Gasteiger partial charge in [0, 0.05) is 55.4 Å². The van der Waals surface area contributed by atoms with Crippen molar-refractivity contribution in [2.75, 3.05) is 50.7 Å². The Morgan fingerprint density at radius 2 is 1.73 bits per heavy atom. The molecular formula is C32H35F3N6O3. The van der Waals surface area contributed by atoms with Crippen LogP contribution in [0, 0.1) is 6.92 Å². The number of aryl methyl sites for hydroxylation is 1. The second-order valence-corrected chi connectivity index (χ2v) is 9.96. The highest BCUT2D eigenvalue weighted by atomic mass is 19.4. The fourth-order valence-corrected chi connectivity index (χ4v) is 4.52. The monoisotopic (exact) mass is 608 g/mol. The van der Waals surface area contributed by atoms with Crippen LogP contribution in [0.5, 0.6) is 5.75 Å². The van der Waals surface area contributed by atoms with Gasteiger partial charge in [-0.15, -0.1) is 13.2 Å². The minimum Gasteiger partial charge on any atom is -0.406 e. The lowest BCUT2D eigenvalue weighted by molar-refractivity contribution is -0.274. The third kappa shape index (κ3) is 9.41. The fraction of sp³-hybridized carbons (Fsp3) is 0.281. The number of nitrogens with one attached hydrogen (secondary N) is 3. The molecule has 44 heavy (non-hydrogen) atoms. The molecule has 232 valence electrons. The van der Waals surface area contributed by atoms with Crippen LogP contribution in [0.2, 0.25) is 0 Å². The van der Waals surface area contributed by atoms with Crippen LogP contribution in [0.25, 0.3) is 5.70 Å². The predicted molar refractivity (Wildman–Crippen MR) is 167 cm³/mol. The molecule has 3 aromatic rings. The molecule has 0 unspecified atom stereocenters. The predicted octanol–water partition coefficient (Wildman–Crippen LogP) is 5.71. The Kier molecular flexibility index (Phi) is 11.1. The molecule has 1 aliphatic heterocycles. The SMILES string of the molecule is C=N/C(=C(\C=NCNc1ccc(C(=O)Nc2cc(CN3CCOCC3)ccc2C)cc1)NC)c1ccc(OC(F)(F)F)cc1. The van der Waals surface area contributed by atoms with Gasteiger partial charge in [-0.3, -0.25) is 19.7 Å². The van der Waals surface area contributed by atoms with E-state index in [1.807, 2.05) is 19.1 Å². The van der Waals surface area contributed by atoms with Gasteiger partial charge in [0.25, 0.3) is 5.91 Å². The summed E-state index contributed by atoms with van der Waals surface area (Å²) < 4.78 is 46.7. The van der Waals surface area contributed by atoms with E-state index < -0.39 is 6.36 Å². The number of benzene rings is 3. The number of aliphatic imine (C=N–C) groups is 2. The Hall–Kier alpha value is -4.68. The molecule has 1 amide bonds. The minimum atomic E-state index is -4.77. The number of morpholine rings is 1. The Morgan fingerprint density at radius 1 is 1.05 bits per heavy atom. The number of hydrogen-bond donors (Lipinski definition) is 3. The maximum Gasteiger partial charge on any atom is 0.573 e. The molecule has 1 aliphatic rings. The Labute approximate surface area is 254 Å². The lowest BCUT2D eigenvalue weighted by Crippen LogP contribution is -2.35. The van der Waals surface area contributed by atoms with Crippen molar-refractivity contribution < 1.29 is 27.4 Å². The van der Waals surface area contributed by atoms with Crippen LogP contribution >= 0.6 is 0 Å². The van der Waals surface area contributed by atoms with Crippen LogP contribution in [0.3, 0.4) is 0 Å². The highest BCUT2D eigenvalue weighted by Crippen LogP contribution is 2.26. The van der Waals surface area contributed by atoms with E-state index in [1.165, 1.54) is 24.3 Å². The third-order valence-electron chi connectivity index (χ3n) is 6.85. The number of halogens is 3. The molecule has 0 radical (unpaired) electrons. The molecule has 4 rings (SSSR count). The molecule has 12 heteroatoms. The van der Waals surface area contributed by atoms with E-state index in [1.54, 1.807) is 37.5 Å². The maximum atomic E-state index is 13.0. The van der Waals surface area contributed by atoms with Gasteiger partial charge >= 0.3 is 6.36 Å². The summed E-state index contributed by atoms with van der Waals surface area (Å²) in [5.41, 5.74) is 5.64. The number of anilines is 2. The van der Waals surface area contributed by atoms with Gasteiger partial charge in [0.15, 0.2) is 0 Å². The summed E-state index contributed by atoms with van der Waals surface area (Å²) >= 11 is 0. The second-order valence-electron chi connectivity index (χ2n) is 9.96. The summed E-state index contributed by atoms with van der Waals surface area (Å²) in [5.74, 6) is -0.534. The maximum absolute atomic E-state index is 13.0. The number of ether oxygens (including phenoxy) is 2. The van der Waals surface area contributed by atoms with Gasteiger partial charge in [0.2, 0.25) is 0 Å². The topological polar surface area (TPSA) is 99.6 Å². The largest absolute Gasteiger partial charge is 0.573 e. The molecule has 0 saturated carbocycles. The number of hydrogen-bond acceptors (Lipinski definition) is 8. The second kappa shape index (κ2) is 15.2. The van der Waals surface area contributed by atoms with Gasteiger partial charge in [-0.05, 0) is 79.4 Å². The molecule has 3 N–H and O–H groups in total. The Bertz CT molecular complexity index is 1480. The van der Waals surface area contributed by atoms with Crippen LogP contribution in [0.15, 0.2) is 82.4 Å². The van der Waals surface area contributed by atoms with Crippen molar-refractivity contribution in [2.24, 2.45) is 9.98 Å². The zero-order chi connectivity index (χ0) is 31.5. The van der Waals surface area contributed by atoms with Gasteiger partial charge < -0.3 is 25.4 Å². The molecule has 1 heterocycles. The minimum absolute atomic E-state index is 0.201. The van der Waals surface area contributed by atoms with Crippen molar-refractivity contribution >= 4 is 35.9 Å². The lowest BCUT2D eigenvalue weighted by atomic mass is 10.1. The first-order chi connectivity index (χ1) is 21.1. The number of carbonyl (C=O) groups excluding carboxylic acids is 1. The number of allylic oxidation sites excluding steroid dienone is 1. The van der Waals surface area contributed by atoms with Crippen molar-refractivity contribution in [1.29, 1.82) is 0 Å². The van der Waals surface area contributed by atoms with Crippen molar-refractivity contribution in [3.8, 4) is 5.75 Å². The van der Waals surface area contributed by atoms with Crippen molar-refractivity contribution in [3.05, 3.63) is 94.7 Å². The molecule has 1 saturated heterocycles. The van der Waals surface area contributed by atoms with Crippen molar-refractivity contribution in [2.45, 2.75) is 19.8 Å². The van der Waals surface area contributed by atoms with Crippen LogP contribution in [-0.2, 0) is 11.3 Å². The average Bonchev–Trinajstić information content (AvgIpc) is 3.01. The van der Waals surface area contributed by atoms with Crippen molar-refractivity contribution in [1.82, 2.24) is 10.2 Å². The van der Waals surface area contributed by atoms with E-state index in [9.17, 15) is 18.0 Å². The third-order valence-corrected chi connectivity index (χ3v) is 6.85. The average molecular weight is 609 g/mol. The van der Waals surface area contributed by atoms with Gasteiger partial charge in [0.05, 0.1) is 24.6 Å². The summed E-state index contributed by atoms with van der Waals surface area (Å²) in [6.45, 7) is 9.81. The highest BCUT2D eigenvalue weighted by Gasteiger charge is 2.31. The normalized spacial score (nSPS) is 14.6. The molecule has 0 atom stereocenters. The lowest BCUT2D eigenvalue weighted by Gasteiger charge is -2.26. The van der Waals surface area contributed by atoms with E-state index in [4.69, 9.17) is 4.74 Å². The highest BCUT2D eigenvalue weighted by molar-refractivity contribution is 6.04. The molecule has 0 spiro atoms. The van der Waals surface area contributed by atoms with Gasteiger partial charge in [-0.2, -0.15) is 0 Å². The van der Waals surface area contributed by atoms with Crippen LogP contribution in [0.1, 0.15) is 27.0 Å². The smallest absolute Gasteiger partial charge is 0.406 e. The van der Waals surface area contributed by atoms with E-state index >= 15 is 0 Å². The summed E-state index contributed by atoms with van der Waals surface area (Å²) in [6, 6.07) is 18.5. The first-order valence-corrected chi connectivity index (χ1v) is 13.9. The standard InChI is InChI=1S/C32H35F3N6O3/c1-22-4-5-23(20-41-14-16-43-17-15-41)18-28(22)40-31(42)25-6-10-26(11-7-25)39-21-38-19-29(36-2)30(37-3)24-8-12-27(13-9-24)44-32(33,34)35/h4-13,18-19,36,39H,3,14-17,20-21H2,1-2H3,(H,40,42)/b30-29+,38-19?. The first-order valence-electron chi connectivity index (χ1n) is 13.9. The van der Waals surface area contributed by atoms with E-state index in [-0.39, 0.29) is 18.3 Å². The quantitative estimate of drug-likeness (QED) is 0.228. The van der Waals surface area contributed by atoms with Crippen molar-refractivity contribution in [3.63, 3.8) is 0 Å². The molecule has 1 fully saturated rings. The first kappa shape index (κ1) is 32.2. The molecule has 0 aromatic heterocycles. The summed E-state index contributed by atoms with van der Waals surface area (Å²) in [6.07, 6.45) is -3.22. The zero-order valence-electron chi connectivity index (χ0n) is 24.6.